The summed E-state index contributed by atoms with van der Waals surface area (Å²) in [6.07, 6.45) is -1.26. The molecule has 1 aromatic rings. The molecule has 2 fully saturated rings. The van der Waals surface area contributed by atoms with Crippen molar-refractivity contribution in [1.82, 2.24) is 14.5 Å². The summed E-state index contributed by atoms with van der Waals surface area (Å²) in [5, 5.41) is 4.94. The third-order valence-corrected chi connectivity index (χ3v) is 7.01. The number of hydrogen-bond acceptors (Lipinski definition) is 8. The van der Waals surface area contributed by atoms with Gasteiger partial charge in [0.15, 0.2) is 6.10 Å². The summed E-state index contributed by atoms with van der Waals surface area (Å²) >= 11 is 0. The van der Waals surface area contributed by atoms with Crippen LogP contribution in [0.15, 0.2) is 29.2 Å². The fraction of sp³-hybridized carbons (Fsp3) is 0.500. The number of imide groups is 1. The predicted molar refractivity (Wildman–Crippen MR) is 115 cm³/mol. The van der Waals surface area contributed by atoms with Crippen LogP contribution < -0.4 is 10.6 Å². The highest BCUT2D eigenvalue weighted by Gasteiger charge is 2.45. The molecule has 13 heteroatoms. The first-order valence-electron chi connectivity index (χ1n) is 10.2. The van der Waals surface area contributed by atoms with Crippen LogP contribution in [0.25, 0.3) is 0 Å². The second-order valence-electron chi connectivity index (χ2n) is 8.11. The van der Waals surface area contributed by atoms with Gasteiger partial charge in [0, 0.05) is 18.8 Å². The molecule has 2 saturated heterocycles. The van der Waals surface area contributed by atoms with Gasteiger partial charge in [-0.05, 0) is 39.0 Å². The highest BCUT2D eigenvalue weighted by Crippen LogP contribution is 2.21. The van der Waals surface area contributed by atoms with E-state index in [9.17, 15) is 27.6 Å². The van der Waals surface area contributed by atoms with E-state index in [2.05, 4.69) is 10.6 Å². The molecule has 1 atom stereocenters. The molecule has 1 unspecified atom stereocenters. The fourth-order valence-electron chi connectivity index (χ4n) is 3.29. The van der Waals surface area contributed by atoms with Gasteiger partial charge >= 0.3 is 12.0 Å². The quantitative estimate of drug-likeness (QED) is 0.404. The number of carbonyl (C=O) groups is 4. The number of hydrogen-bond donors (Lipinski definition) is 2. The number of urea groups is 1. The van der Waals surface area contributed by atoms with E-state index < -0.39 is 52.0 Å². The van der Waals surface area contributed by atoms with Gasteiger partial charge in [-0.1, -0.05) is 6.07 Å². The Balaban J connectivity index is 1.60. The van der Waals surface area contributed by atoms with Crippen LogP contribution in [0.3, 0.4) is 0 Å². The number of sulfonamides is 1. The van der Waals surface area contributed by atoms with E-state index in [0.717, 1.165) is 0 Å². The van der Waals surface area contributed by atoms with Crippen molar-refractivity contribution in [2.24, 2.45) is 0 Å². The van der Waals surface area contributed by atoms with Gasteiger partial charge in [-0.25, -0.2) is 13.2 Å². The van der Waals surface area contributed by atoms with E-state index >= 15 is 0 Å². The Labute approximate surface area is 191 Å². The number of carbonyl (C=O) groups excluding carboxylic acids is 4. The molecular weight excluding hydrogens is 456 g/mol. The maximum atomic E-state index is 12.8. The Morgan fingerprint density at radius 2 is 1.91 bits per heavy atom. The molecule has 0 spiro atoms. The Hall–Kier alpha value is -3.03. The van der Waals surface area contributed by atoms with E-state index in [0.29, 0.717) is 18.1 Å². The summed E-state index contributed by atoms with van der Waals surface area (Å²) in [6.45, 7) is 4.77. The van der Waals surface area contributed by atoms with Crippen LogP contribution in [0.5, 0.6) is 0 Å². The molecule has 0 aromatic heterocycles. The topological polar surface area (TPSA) is 151 Å². The van der Waals surface area contributed by atoms with Gasteiger partial charge in [-0.15, -0.1) is 0 Å². The van der Waals surface area contributed by atoms with Crippen molar-refractivity contribution in [3.8, 4) is 0 Å². The maximum Gasteiger partial charge on any atom is 0.327 e. The zero-order valence-corrected chi connectivity index (χ0v) is 19.3. The predicted octanol–water partition coefficient (Wildman–Crippen LogP) is -0.0919. The summed E-state index contributed by atoms with van der Waals surface area (Å²) in [4.78, 5) is 49.4. The Kier molecular flexibility index (Phi) is 7.05. The van der Waals surface area contributed by atoms with Gasteiger partial charge in [-0.3, -0.25) is 19.3 Å². The van der Waals surface area contributed by atoms with Crippen molar-refractivity contribution in [2.45, 2.75) is 37.3 Å². The van der Waals surface area contributed by atoms with Gasteiger partial charge in [-0.2, -0.15) is 4.31 Å². The number of anilines is 1. The molecule has 2 heterocycles. The smallest absolute Gasteiger partial charge is 0.327 e. The third kappa shape index (κ3) is 5.49. The number of ether oxygens (including phenoxy) is 2. The molecule has 180 valence electrons. The lowest BCUT2D eigenvalue weighted by Crippen LogP contribution is -2.42. The first-order chi connectivity index (χ1) is 15.4. The Morgan fingerprint density at radius 1 is 1.24 bits per heavy atom. The monoisotopic (exact) mass is 482 g/mol. The van der Waals surface area contributed by atoms with Gasteiger partial charge in [0.1, 0.15) is 12.1 Å². The van der Waals surface area contributed by atoms with Crippen LogP contribution in [0.4, 0.5) is 10.5 Å². The van der Waals surface area contributed by atoms with Gasteiger partial charge in [0.05, 0.1) is 18.1 Å². The van der Waals surface area contributed by atoms with Crippen molar-refractivity contribution < 1.29 is 37.1 Å². The Morgan fingerprint density at radius 3 is 2.52 bits per heavy atom. The second-order valence-corrected chi connectivity index (χ2v) is 10.1. The van der Waals surface area contributed by atoms with Crippen LogP contribution >= 0.6 is 0 Å². The van der Waals surface area contributed by atoms with Gasteiger partial charge < -0.3 is 20.1 Å². The van der Waals surface area contributed by atoms with E-state index in [1.807, 2.05) is 0 Å². The molecule has 0 saturated carbocycles. The minimum Gasteiger partial charge on any atom is -0.451 e. The van der Waals surface area contributed by atoms with E-state index in [-0.39, 0.29) is 23.7 Å². The Bertz CT molecular complexity index is 1070. The average molecular weight is 483 g/mol. The minimum atomic E-state index is -3.75. The maximum absolute atomic E-state index is 12.8. The lowest BCUT2D eigenvalue weighted by Gasteiger charge is -2.26. The standard InChI is InChI=1S/C20H26N4O8S/c1-13(32-16(25)12-24-18(27)20(2,3)22-19(24)28)17(26)21-14-5-4-6-15(11-14)33(29,30)23-7-9-31-10-8-23/h4-6,11,13H,7-10,12H2,1-3H3,(H,21,26)(H,22,28). The zero-order valence-electron chi connectivity index (χ0n) is 18.5. The molecule has 2 aliphatic heterocycles. The van der Waals surface area contributed by atoms with Crippen LogP contribution in [-0.4, -0.2) is 85.9 Å². The number of nitrogens with one attached hydrogen (secondary N) is 2. The molecular formula is C20H26N4O8S. The van der Waals surface area contributed by atoms with Crippen molar-refractivity contribution in [2.75, 3.05) is 38.2 Å². The highest BCUT2D eigenvalue weighted by molar-refractivity contribution is 7.89. The first kappa shape index (κ1) is 24.6. The average Bonchev–Trinajstić information content (AvgIpc) is 2.95. The second kappa shape index (κ2) is 9.45. The molecule has 0 radical (unpaired) electrons. The van der Waals surface area contributed by atoms with E-state index in [1.165, 1.54) is 49.3 Å². The van der Waals surface area contributed by atoms with Crippen molar-refractivity contribution in [3.63, 3.8) is 0 Å². The van der Waals surface area contributed by atoms with Gasteiger partial charge in [0.2, 0.25) is 10.0 Å². The first-order valence-corrected chi connectivity index (χ1v) is 11.7. The highest BCUT2D eigenvalue weighted by atomic mass is 32.2. The summed E-state index contributed by atoms with van der Waals surface area (Å²) in [5.41, 5.74) is -0.930. The van der Waals surface area contributed by atoms with Crippen molar-refractivity contribution in [1.29, 1.82) is 0 Å². The van der Waals surface area contributed by atoms with Crippen molar-refractivity contribution >= 4 is 39.5 Å². The molecule has 33 heavy (non-hydrogen) atoms. The van der Waals surface area contributed by atoms with Crippen LogP contribution in [0.1, 0.15) is 20.8 Å². The third-order valence-electron chi connectivity index (χ3n) is 5.12. The minimum absolute atomic E-state index is 0.00743. The number of morpholine rings is 1. The molecule has 0 bridgehead atoms. The van der Waals surface area contributed by atoms with E-state index in [1.54, 1.807) is 0 Å². The summed E-state index contributed by atoms with van der Waals surface area (Å²) in [5.74, 6) is -2.23. The van der Waals surface area contributed by atoms with Crippen LogP contribution in [0.2, 0.25) is 0 Å². The largest absolute Gasteiger partial charge is 0.451 e. The number of esters is 1. The lowest BCUT2D eigenvalue weighted by molar-refractivity contribution is -0.155. The molecule has 0 aliphatic carbocycles. The van der Waals surface area contributed by atoms with Crippen molar-refractivity contribution in [3.05, 3.63) is 24.3 Å². The SMILES string of the molecule is CC(OC(=O)CN1C(=O)NC(C)(C)C1=O)C(=O)Nc1cccc(S(=O)(=O)N2CCOCC2)c1. The number of benzene rings is 1. The van der Waals surface area contributed by atoms with Gasteiger partial charge in [0.25, 0.3) is 11.8 Å². The molecule has 1 aromatic carbocycles. The summed E-state index contributed by atoms with van der Waals surface area (Å²) in [7, 11) is -3.75. The number of rotatable bonds is 7. The number of nitrogens with zero attached hydrogens (tertiary/aromatic N) is 2. The fourth-order valence-corrected chi connectivity index (χ4v) is 4.75. The normalized spacial score (nSPS) is 19.7. The summed E-state index contributed by atoms with van der Waals surface area (Å²) in [6, 6.07) is 4.99. The molecule has 2 N–H and O–H groups in total. The molecule has 12 nitrogen and oxygen atoms in total. The molecule has 3 rings (SSSR count). The molecule has 2 aliphatic rings. The zero-order chi connectivity index (χ0) is 24.4. The summed E-state index contributed by atoms with van der Waals surface area (Å²) < 4.78 is 37.1. The number of amides is 4. The van der Waals surface area contributed by atoms with E-state index in [4.69, 9.17) is 9.47 Å². The van der Waals surface area contributed by atoms with Crippen LogP contribution in [0, 0.1) is 0 Å². The van der Waals surface area contributed by atoms with Crippen LogP contribution in [-0.2, 0) is 33.9 Å². The molecule has 4 amide bonds. The lowest BCUT2D eigenvalue weighted by atomic mass is 10.1.